The van der Waals surface area contributed by atoms with Gasteiger partial charge in [-0.05, 0) is 79.1 Å². The molecule has 7 nitrogen and oxygen atoms in total. The Kier molecular flexibility index (Phi) is 8.64. The lowest BCUT2D eigenvalue weighted by Crippen LogP contribution is -2.32. The van der Waals surface area contributed by atoms with E-state index in [9.17, 15) is 14.4 Å². The van der Waals surface area contributed by atoms with Gasteiger partial charge in [-0.15, -0.1) is 0 Å². The Morgan fingerprint density at radius 1 is 1.13 bits per heavy atom. The number of carbonyl (C=O) groups is 3. The number of benzene rings is 2. The molecule has 0 atom stereocenters. The van der Waals surface area contributed by atoms with Crippen LogP contribution in [-0.2, 0) is 9.53 Å². The average Bonchev–Trinajstić information content (AvgIpc) is 3.44. The Morgan fingerprint density at radius 3 is 2.66 bits per heavy atom. The summed E-state index contributed by atoms with van der Waals surface area (Å²) in [5.41, 5.74) is 3.01. The Bertz CT molecular complexity index is 1410. The third-order valence-electron chi connectivity index (χ3n) is 5.88. The van der Waals surface area contributed by atoms with Crippen molar-refractivity contribution in [3.05, 3.63) is 80.9 Å². The summed E-state index contributed by atoms with van der Waals surface area (Å²) < 4.78 is 16.9. The zero-order chi connectivity index (χ0) is 27.4. The molecule has 1 aromatic heterocycles. The molecule has 0 radical (unpaired) electrons. The lowest BCUT2D eigenvalue weighted by molar-refractivity contribution is -0.123. The molecule has 0 aliphatic carbocycles. The van der Waals surface area contributed by atoms with Gasteiger partial charge in [0, 0.05) is 11.6 Å². The number of halogens is 1. The molecule has 2 amide bonds. The van der Waals surface area contributed by atoms with Crippen LogP contribution in [0.25, 0.3) is 17.4 Å². The number of amides is 2. The summed E-state index contributed by atoms with van der Waals surface area (Å²) in [6.07, 6.45) is 1.54. The number of nitrogens with zero attached hydrogens (tertiary/aromatic N) is 1. The lowest BCUT2D eigenvalue weighted by Gasteiger charge is -2.17. The summed E-state index contributed by atoms with van der Waals surface area (Å²) >= 11 is 7.01. The van der Waals surface area contributed by atoms with Crippen LogP contribution in [0.4, 0.5) is 4.79 Å². The van der Waals surface area contributed by atoms with Gasteiger partial charge in [-0.3, -0.25) is 14.5 Å². The molecule has 198 valence electrons. The van der Waals surface area contributed by atoms with Crippen molar-refractivity contribution in [2.75, 3.05) is 19.8 Å². The Labute approximate surface area is 230 Å². The first kappa shape index (κ1) is 27.5. The van der Waals surface area contributed by atoms with Crippen molar-refractivity contribution in [1.29, 1.82) is 0 Å². The van der Waals surface area contributed by atoms with Crippen LogP contribution in [0.5, 0.6) is 5.75 Å². The first-order valence-corrected chi connectivity index (χ1v) is 13.4. The molecule has 2 heterocycles. The highest BCUT2D eigenvalue weighted by Crippen LogP contribution is 2.34. The van der Waals surface area contributed by atoms with Gasteiger partial charge in [-0.25, -0.2) is 4.79 Å². The van der Waals surface area contributed by atoms with Crippen LogP contribution in [0.15, 0.2) is 57.9 Å². The molecule has 2 aromatic carbocycles. The standard InChI is InChI=1S/C29H28ClNO6S/c1-5-35-28(33)22-15-19(7-10-23(22)30)24-11-8-20(37-24)16-26-27(32)31(29(34)38-26)12-13-36-25-14-18(4)6-9-21(25)17(2)3/h6-11,14-17H,5,12-13H2,1-4H3/b26-16-. The topological polar surface area (TPSA) is 86.0 Å². The quantitative estimate of drug-likeness (QED) is 0.202. The van der Waals surface area contributed by atoms with E-state index >= 15 is 0 Å². The highest BCUT2D eigenvalue weighted by molar-refractivity contribution is 8.18. The monoisotopic (exact) mass is 553 g/mol. The minimum atomic E-state index is -0.522. The van der Waals surface area contributed by atoms with Crippen LogP contribution in [0.3, 0.4) is 0 Å². The number of imide groups is 1. The smallest absolute Gasteiger partial charge is 0.339 e. The van der Waals surface area contributed by atoms with E-state index in [2.05, 4.69) is 13.8 Å². The third kappa shape index (κ3) is 6.14. The first-order valence-electron chi connectivity index (χ1n) is 12.2. The van der Waals surface area contributed by atoms with Crippen molar-refractivity contribution in [1.82, 2.24) is 4.90 Å². The van der Waals surface area contributed by atoms with Crippen LogP contribution >= 0.6 is 23.4 Å². The van der Waals surface area contributed by atoms with E-state index in [1.54, 1.807) is 37.3 Å². The van der Waals surface area contributed by atoms with Crippen LogP contribution in [0, 0.1) is 6.92 Å². The van der Waals surface area contributed by atoms with E-state index in [0.717, 1.165) is 28.6 Å². The Balaban J connectivity index is 1.44. The summed E-state index contributed by atoms with van der Waals surface area (Å²) in [6.45, 7) is 8.45. The molecule has 4 rings (SSSR count). The van der Waals surface area contributed by atoms with Gasteiger partial charge < -0.3 is 13.9 Å². The number of hydrogen-bond acceptors (Lipinski definition) is 7. The van der Waals surface area contributed by atoms with Gasteiger partial charge >= 0.3 is 5.97 Å². The summed E-state index contributed by atoms with van der Waals surface area (Å²) in [6, 6.07) is 14.4. The highest BCUT2D eigenvalue weighted by atomic mass is 35.5. The first-order chi connectivity index (χ1) is 18.2. The van der Waals surface area contributed by atoms with Gasteiger partial charge in [-0.1, -0.05) is 37.6 Å². The summed E-state index contributed by atoms with van der Waals surface area (Å²) in [5, 5.41) is -0.0822. The SMILES string of the molecule is CCOC(=O)c1cc(-c2ccc(/C=C3\SC(=O)N(CCOc4cc(C)ccc4C(C)C)C3=O)o2)ccc1Cl. The summed E-state index contributed by atoms with van der Waals surface area (Å²) in [5.74, 6) is 1.01. The van der Waals surface area contributed by atoms with Crippen LogP contribution in [-0.4, -0.2) is 41.8 Å². The predicted octanol–water partition coefficient (Wildman–Crippen LogP) is 7.32. The molecular formula is C29H28ClNO6S. The minimum Gasteiger partial charge on any atom is -0.491 e. The second-order valence-corrected chi connectivity index (χ2v) is 10.4. The third-order valence-corrected chi connectivity index (χ3v) is 7.12. The second kappa shape index (κ2) is 11.9. The number of carbonyl (C=O) groups excluding carboxylic acids is 3. The van der Waals surface area contributed by atoms with Crippen molar-refractivity contribution < 1.29 is 28.3 Å². The van der Waals surface area contributed by atoms with Gasteiger partial charge in [-0.2, -0.15) is 0 Å². The van der Waals surface area contributed by atoms with Gasteiger partial charge in [0.2, 0.25) is 0 Å². The molecule has 0 bridgehead atoms. The normalized spacial score (nSPS) is 14.6. The molecule has 1 aliphatic rings. The zero-order valence-electron chi connectivity index (χ0n) is 21.6. The summed E-state index contributed by atoms with van der Waals surface area (Å²) in [4.78, 5) is 39.1. The van der Waals surface area contributed by atoms with E-state index in [4.69, 9.17) is 25.5 Å². The molecule has 0 N–H and O–H groups in total. The van der Waals surface area contributed by atoms with Gasteiger partial charge in [0.1, 0.15) is 23.9 Å². The Hall–Kier alpha value is -3.49. The fourth-order valence-corrected chi connectivity index (χ4v) is 4.98. The van der Waals surface area contributed by atoms with E-state index in [1.165, 1.54) is 11.0 Å². The van der Waals surface area contributed by atoms with Crippen molar-refractivity contribution in [2.45, 2.75) is 33.6 Å². The van der Waals surface area contributed by atoms with Crippen molar-refractivity contribution in [2.24, 2.45) is 0 Å². The number of ether oxygens (including phenoxy) is 2. The molecule has 1 saturated heterocycles. The van der Waals surface area contributed by atoms with Crippen molar-refractivity contribution in [3.63, 3.8) is 0 Å². The molecule has 1 fully saturated rings. The lowest BCUT2D eigenvalue weighted by atomic mass is 10.0. The van der Waals surface area contributed by atoms with E-state index in [-0.39, 0.29) is 46.4 Å². The Morgan fingerprint density at radius 2 is 1.92 bits per heavy atom. The van der Waals surface area contributed by atoms with Crippen molar-refractivity contribution >= 4 is 46.6 Å². The molecule has 38 heavy (non-hydrogen) atoms. The molecular weight excluding hydrogens is 526 g/mol. The van der Waals surface area contributed by atoms with E-state index < -0.39 is 11.9 Å². The maximum atomic E-state index is 12.9. The van der Waals surface area contributed by atoms with Gasteiger partial charge in [0.25, 0.3) is 11.1 Å². The summed E-state index contributed by atoms with van der Waals surface area (Å²) in [7, 11) is 0. The maximum absolute atomic E-state index is 12.9. The number of hydrogen-bond donors (Lipinski definition) is 0. The second-order valence-electron chi connectivity index (χ2n) is 8.99. The fourth-order valence-electron chi connectivity index (χ4n) is 3.94. The number of furan rings is 1. The molecule has 9 heteroatoms. The molecule has 0 spiro atoms. The molecule has 3 aromatic rings. The van der Waals surface area contributed by atoms with Gasteiger partial charge in [0.15, 0.2) is 0 Å². The average molecular weight is 554 g/mol. The molecule has 0 unspecified atom stereocenters. The van der Waals surface area contributed by atoms with E-state index in [0.29, 0.717) is 17.1 Å². The highest BCUT2D eigenvalue weighted by Gasteiger charge is 2.35. The van der Waals surface area contributed by atoms with Crippen molar-refractivity contribution in [3.8, 4) is 17.1 Å². The van der Waals surface area contributed by atoms with E-state index in [1.807, 2.05) is 25.1 Å². The predicted molar refractivity (Wildman–Crippen MR) is 149 cm³/mol. The molecule has 0 saturated carbocycles. The maximum Gasteiger partial charge on any atom is 0.339 e. The van der Waals surface area contributed by atoms with Crippen LogP contribution in [0.2, 0.25) is 5.02 Å². The largest absolute Gasteiger partial charge is 0.491 e. The fraction of sp³-hybridized carbons (Fsp3) is 0.276. The number of esters is 1. The van der Waals surface area contributed by atoms with Gasteiger partial charge in [0.05, 0.1) is 28.6 Å². The molecule has 1 aliphatic heterocycles. The minimum absolute atomic E-state index is 0.137. The van der Waals surface area contributed by atoms with Crippen LogP contribution in [0.1, 0.15) is 53.9 Å². The van der Waals surface area contributed by atoms with Crippen LogP contribution < -0.4 is 4.74 Å². The zero-order valence-corrected chi connectivity index (χ0v) is 23.2. The number of aryl methyl sites for hydroxylation is 1. The number of rotatable bonds is 9. The number of thioether (sulfide) groups is 1.